The highest BCUT2D eigenvalue weighted by Gasteiger charge is 2.45. The van der Waals surface area contributed by atoms with Crippen molar-refractivity contribution in [2.45, 2.75) is 75.8 Å². The summed E-state index contributed by atoms with van der Waals surface area (Å²) >= 11 is 0. The fraction of sp³-hybridized carbons (Fsp3) is 0.727. The van der Waals surface area contributed by atoms with Gasteiger partial charge in [-0.2, -0.15) is 0 Å². The van der Waals surface area contributed by atoms with Gasteiger partial charge < -0.3 is 19.5 Å². The first kappa shape index (κ1) is 19.8. The van der Waals surface area contributed by atoms with E-state index < -0.39 is 0 Å². The molecule has 1 N–H and O–H groups in total. The molecule has 3 atom stereocenters. The van der Waals surface area contributed by atoms with Gasteiger partial charge in [0.25, 0.3) is 0 Å². The Kier molecular flexibility index (Phi) is 7.50. The van der Waals surface area contributed by atoms with Crippen molar-refractivity contribution in [1.82, 2.24) is 5.32 Å². The summed E-state index contributed by atoms with van der Waals surface area (Å²) in [6.07, 6.45) is 9.92. The zero-order valence-electron chi connectivity index (χ0n) is 16.4. The molecule has 0 bridgehead atoms. The third-order valence-corrected chi connectivity index (χ3v) is 6.34. The summed E-state index contributed by atoms with van der Waals surface area (Å²) in [4.78, 5) is 0. The van der Waals surface area contributed by atoms with E-state index in [1.165, 1.54) is 50.5 Å². The van der Waals surface area contributed by atoms with Crippen molar-refractivity contribution in [3.63, 3.8) is 0 Å². The van der Waals surface area contributed by atoms with Crippen LogP contribution in [0.5, 0.6) is 0 Å². The van der Waals surface area contributed by atoms with Crippen LogP contribution in [-0.2, 0) is 20.8 Å². The van der Waals surface area contributed by atoms with Gasteiger partial charge in [-0.15, -0.1) is 0 Å². The van der Waals surface area contributed by atoms with Gasteiger partial charge in [-0.25, -0.2) is 0 Å². The summed E-state index contributed by atoms with van der Waals surface area (Å²) in [7, 11) is 3.47. The molecule has 1 aromatic rings. The van der Waals surface area contributed by atoms with Gasteiger partial charge in [-0.3, -0.25) is 0 Å². The van der Waals surface area contributed by atoms with Gasteiger partial charge in [0.15, 0.2) is 6.29 Å². The predicted molar refractivity (Wildman–Crippen MR) is 104 cm³/mol. The monoisotopic (exact) mass is 361 g/mol. The van der Waals surface area contributed by atoms with E-state index in [4.69, 9.17) is 14.2 Å². The number of rotatable bonds is 9. The molecule has 1 spiro atoms. The second-order valence-electron chi connectivity index (χ2n) is 7.96. The van der Waals surface area contributed by atoms with E-state index in [-0.39, 0.29) is 6.29 Å². The smallest absolute Gasteiger partial charge is 0.156 e. The third-order valence-electron chi connectivity index (χ3n) is 6.34. The van der Waals surface area contributed by atoms with E-state index in [1.54, 1.807) is 14.2 Å². The van der Waals surface area contributed by atoms with Gasteiger partial charge in [0, 0.05) is 25.8 Å². The van der Waals surface area contributed by atoms with E-state index in [0.29, 0.717) is 18.2 Å². The second kappa shape index (κ2) is 9.84. The SMILES string of the molecule is COC(CC[C@@H]1CCCC[C@]12CC[C@H](COCc1ccccc1)N2)OC. The normalized spacial score (nSPS) is 28.9. The Hall–Kier alpha value is -0.940. The van der Waals surface area contributed by atoms with E-state index in [0.717, 1.165) is 18.9 Å². The summed E-state index contributed by atoms with van der Waals surface area (Å²) in [6, 6.07) is 10.9. The van der Waals surface area contributed by atoms with Crippen molar-refractivity contribution in [2.24, 2.45) is 5.92 Å². The Labute approximate surface area is 158 Å². The summed E-state index contributed by atoms with van der Waals surface area (Å²) in [5.41, 5.74) is 1.56. The van der Waals surface area contributed by atoms with Crippen LogP contribution in [0, 0.1) is 5.92 Å². The molecule has 26 heavy (non-hydrogen) atoms. The lowest BCUT2D eigenvalue weighted by Gasteiger charge is -2.43. The molecule has 2 fully saturated rings. The average Bonchev–Trinajstić information content (AvgIpc) is 3.08. The Balaban J connectivity index is 1.48. The molecule has 1 aromatic carbocycles. The van der Waals surface area contributed by atoms with Crippen LogP contribution in [0.4, 0.5) is 0 Å². The topological polar surface area (TPSA) is 39.7 Å². The van der Waals surface area contributed by atoms with E-state index in [1.807, 2.05) is 6.07 Å². The number of hydrogen-bond acceptors (Lipinski definition) is 4. The molecule has 1 saturated heterocycles. The lowest BCUT2D eigenvalue weighted by atomic mass is 9.70. The minimum atomic E-state index is -0.0691. The molecule has 0 aromatic heterocycles. The molecule has 0 amide bonds. The molecular formula is C22H35NO3. The first-order valence-corrected chi connectivity index (χ1v) is 10.2. The first-order chi connectivity index (χ1) is 12.8. The number of hydrogen-bond donors (Lipinski definition) is 1. The van der Waals surface area contributed by atoms with Crippen molar-refractivity contribution >= 4 is 0 Å². The van der Waals surface area contributed by atoms with Gasteiger partial charge in [0.2, 0.25) is 0 Å². The van der Waals surface area contributed by atoms with E-state index >= 15 is 0 Å². The molecule has 0 radical (unpaired) electrons. The Morgan fingerprint density at radius 1 is 1.08 bits per heavy atom. The van der Waals surface area contributed by atoms with Crippen LogP contribution in [0.15, 0.2) is 30.3 Å². The van der Waals surface area contributed by atoms with Gasteiger partial charge in [0.1, 0.15) is 0 Å². The first-order valence-electron chi connectivity index (χ1n) is 10.2. The summed E-state index contributed by atoms with van der Waals surface area (Å²) in [5, 5.41) is 4.00. The minimum Gasteiger partial charge on any atom is -0.375 e. The van der Waals surface area contributed by atoms with Crippen LogP contribution in [0.25, 0.3) is 0 Å². The lowest BCUT2D eigenvalue weighted by molar-refractivity contribution is -0.110. The Bertz CT molecular complexity index is 519. The van der Waals surface area contributed by atoms with E-state index in [2.05, 4.69) is 29.6 Å². The Morgan fingerprint density at radius 3 is 2.65 bits per heavy atom. The van der Waals surface area contributed by atoms with Crippen LogP contribution in [0.3, 0.4) is 0 Å². The van der Waals surface area contributed by atoms with Crippen molar-refractivity contribution in [2.75, 3.05) is 20.8 Å². The average molecular weight is 362 g/mol. The molecule has 146 valence electrons. The highest BCUT2D eigenvalue weighted by atomic mass is 16.7. The van der Waals surface area contributed by atoms with Crippen LogP contribution in [0.2, 0.25) is 0 Å². The third kappa shape index (κ3) is 5.07. The van der Waals surface area contributed by atoms with Gasteiger partial charge in [-0.05, 0) is 50.0 Å². The van der Waals surface area contributed by atoms with Crippen molar-refractivity contribution in [1.29, 1.82) is 0 Å². The quantitative estimate of drug-likeness (QED) is 0.666. The van der Waals surface area contributed by atoms with Crippen molar-refractivity contribution in [3.05, 3.63) is 35.9 Å². The molecule has 1 saturated carbocycles. The highest BCUT2D eigenvalue weighted by molar-refractivity contribution is 5.13. The lowest BCUT2D eigenvalue weighted by Crippen LogP contribution is -2.51. The fourth-order valence-electron chi connectivity index (χ4n) is 4.92. The Morgan fingerprint density at radius 2 is 1.88 bits per heavy atom. The number of methoxy groups -OCH3 is 2. The fourth-order valence-corrected chi connectivity index (χ4v) is 4.92. The maximum absolute atomic E-state index is 6.00. The van der Waals surface area contributed by atoms with Gasteiger partial charge >= 0.3 is 0 Å². The molecule has 4 nitrogen and oxygen atoms in total. The second-order valence-corrected chi connectivity index (χ2v) is 7.96. The minimum absolute atomic E-state index is 0.0691. The van der Waals surface area contributed by atoms with Crippen molar-refractivity contribution < 1.29 is 14.2 Å². The predicted octanol–water partition coefficient (Wildman–Crippen LogP) is 4.28. The van der Waals surface area contributed by atoms with E-state index in [9.17, 15) is 0 Å². The zero-order chi connectivity index (χ0) is 18.2. The number of benzene rings is 1. The van der Waals surface area contributed by atoms with Crippen LogP contribution < -0.4 is 5.32 Å². The maximum Gasteiger partial charge on any atom is 0.156 e. The molecule has 1 aliphatic carbocycles. The standard InChI is InChI=1S/C22H35NO3/c1-24-21(25-2)12-11-19-10-6-7-14-22(19)15-13-20(23-22)17-26-16-18-8-4-3-5-9-18/h3-5,8-9,19-21,23H,6-7,10-17H2,1-2H3/t19-,20+,22-/m0/s1. The van der Waals surface area contributed by atoms with Gasteiger partial charge in [-0.1, -0.05) is 43.2 Å². The molecular weight excluding hydrogens is 326 g/mol. The zero-order valence-corrected chi connectivity index (χ0v) is 16.4. The van der Waals surface area contributed by atoms with Crippen LogP contribution in [0.1, 0.15) is 56.9 Å². The largest absolute Gasteiger partial charge is 0.375 e. The number of ether oxygens (including phenoxy) is 3. The van der Waals surface area contributed by atoms with Gasteiger partial charge in [0.05, 0.1) is 13.2 Å². The summed E-state index contributed by atoms with van der Waals surface area (Å²) in [6.45, 7) is 1.51. The molecule has 3 rings (SSSR count). The highest BCUT2D eigenvalue weighted by Crippen LogP contribution is 2.43. The molecule has 4 heteroatoms. The molecule has 0 unspecified atom stereocenters. The molecule has 1 aliphatic heterocycles. The molecule has 1 heterocycles. The van der Waals surface area contributed by atoms with Crippen LogP contribution in [-0.4, -0.2) is 38.7 Å². The summed E-state index contributed by atoms with van der Waals surface area (Å²) in [5.74, 6) is 0.725. The van der Waals surface area contributed by atoms with Crippen LogP contribution >= 0.6 is 0 Å². The maximum atomic E-state index is 6.00. The number of nitrogens with one attached hydrogen (secondary N) is 1. The summed E-state index contributed by atoms with van der Waals surface area (Å²) < 4.78 is 16.8. The van der Waals surface area contributed by atoms with Crippen molar-refractivity contribution in [3.8, 4) is 0 Å². The molecule has 2 aliphatic rings.